The largest absolute Gasteiger partial charge is 0.379 e. The van der Waals surface area contributed by atoms with Crippen LogP contribution in [0.15, 0.2) is 85.2 Å². The van der Waals surface area contributed by atoms with E-state index >= 15 is 0 Å². The maximum atomic E-state index is 14.4. The number of pyridine rings is 2. The summed E-state index contributed by atoms with van der Waals surface area (Å²) in [6.45, 7) is 0.420. The summed E-state index contributed by atoms with van der Waals surface area (Å²) in [5, 5.41) is 12.4. The second-order valence-electron chi connectivity index (χ2n) is 7.87. The summed E-state index contributed by atoms with van der Waals surface area (Å²) in [7, 11) is 0. The van der Waals surface area contributed by atoms with Gasteiger partial charge in [0.2, 0.25) is 5.95 Å². The van der Waals surface area contributed by atoms with Crippen LogP contribution < -0.4 is 5.32 Å². The van der Waals surface area contributed by atoms with Gasteiger partial charge in [-0.25, -0.2) is 9.97 Å². The molecule has 2 aromatic carbocycles. The Balaban J connectivity index is 1.37. The van der Waals surface area contributed by atoms with Crippen LogP contribution in [0.2, 0.25) is 0 Å². The minimum Gasteiger partial charge on any atom is -0.379 e. The number of H-pyrrole nitrogens is 2. The Morgan fingerprint density at radius 1 is 0.909 bits per heavy atom. The number of halogens is 1. The van der Waals surface area contributed by atoms with E-state index in [1.54, 1.807) is 6.20 Å². The van der Waals surface area contributed by atoms with Crippen molar-refractivity contribution in [1.82, 2.24) is 25.1 Å². The van der Waals surface area contributed by atoms with Crippen LogP contribution >= 0.6 is 0 Å². The predicted octanol–water partition coefficient (Wildman–Crippen LogP) is 5.92. The fourth-order valence-corrected chi connectivity index (χ4v) is 4.09. The first-order valence-corrected chi connectivity index (χ1v) is 10.6. The minimum atomic E-state index is -0.519. The van der Waals surface area contributed by atoms with Crippen molar-refractivity contribution in [3.05, 3.63) is 96.8 Å². The fourth-order valence-electron chi connectivity index (χ4n) is 4.09. The standard InChI is InChI=1S/C26H19FN6/c27-25-12-17(11-20(31-25)15-29-19-4-2-1-3-5-19)24-13-22-21(8-9-28-26(22)32-24)16-6-7-23-18(10-16)14-30-33-23/h1-14,29H,15H2,(H,28,32)(H,30,33). The number of hydrogen-bond donors (Lipinski definition) is 3. The summed E-state index contributed by atoms with van der Waals surface area (Å²) >= 11 is 0. The highest BCUT2D eigenvalue weighted by molar-refractivity contribution is 5.98. The van der Waals surface area contributed by atoms with E-state index < -0.39 is 5.95 Å². The van der Waals surface area contributed by atoms with Gasteiger partial charge in [-0.15, -0.1) is 0 Å². The predicted molar refractivity (Wildman–Crippen MR) is 128 cm³/mol. The van der Waals surface area contributed by atoms with Gasteiger partial charge in [-0.3, -0.25) is 5.10 Å². The van der Waals surface area contributed by atoms with Gasteiger partial charge in [0.05, 0.1) is 24.0 Å². The van der Waals surface area contributed by atoms with Crippen molar-refractivity contribution in [2.75, 3.05) is 5.32 Å². The van der Waals surface area contributed by atoms with Crippen LogP contribution in [0, 0.1) is 5.95 Å². The number of benzene rings is 2. The first-order chi connectivity index (χ1) is 16.2. The lowest BCUT2D eigenvalue weighted by molar-refractivity contribution is 0.578. The van der Waals surface area contributed by atoms with Crippen LogP contribution in [-0.4, -0.2) is 25.1 Å². The number of nitrogens with one attached hydrogen (secondary N) is 3. The summed E-state index contributed by atoms with van der Waals surface area (Å²) in [4.78, 5) is 11.9. The minimum absolute atomic E-state index is 0.420. The van der Waals surface area contributed by atoms with E-state index in [1.165, 1.54) is 6.07 Å². The second-order valence-corrected chi connectivity index (χ2v) is 7.87. The molecule has 0 saturated carbocycles. The molecule has 7 heteroatoms. The molecule has 0 aliphatic heterocycles. The molecule has 4 heterocycles. The van der Waals surface area contributed by atoms with Gasteiger partial charge in [0.25, 0.3) is 0 Å². The van der Waals surface area contributed by atoms with Crippen LogP contribution in [0.5, 0.6) is 0 Å². The summed E-state index contributed by atoms with van der Waals surface area (Å²) in [6, 6.07) is 23.3. The first-order valence-electron chi connectivity index (χ1n) is 10.6. The molecule has 0 atom stereocenters. The number of aromatic amines is 2. The van der Waals surface area contributed by atoms with E-state index in [0.29, 0.717) is 12.2 Å². The molecular formula is C26H19FN6. The Bertz CT molecular complexity index is 1590. The number of hydrogen-bond acceptors (Lipinski definition) is 4. The van der Waals surface area contributed by atoms with E-state index in [9.17, 15) is 4.39 Å². The Hall–Kier alpha value is -4.52. The number of rotatable bonds is 5. The molecule has 6 aromatic rings. The van der Waals surface area contributed by atoms with Gasteiger partial charge in [0.1, 0.15) is 5.65 Å². The summed E-state index contributed by atoms with van der Waals surface area (Å²) < 4.78 is 14.4. The van der Waals surface area contributed by atoms with Crippen molar-refractivity contribution >= 4 is 27.6 Å². The first kappa shape index (κ1) is 19.2. The van der Waals surface area contributed by atoms with Crippen LogP contribution in [0.25, 0.3) is 44.3 Å². The molecule has 0 aliphatic carbocycles. The van der Waals surface area contributed by atoms with E-state index in [0.717, 1.165) is 50.0 Å². The van der Waals surface area contributed by atoms with Gasteiger partial charge in [-0.2, -0.15) is 9.49 Å². The van der Waals surface area contributed by atoms with Crippen LogP contribution in [0.3, 0.4) is 0 Å². The summed E-state index contributed by atoms with van der Waals surface area (Å²) in [5.41, 5.74) is 6.93. The van der Waals surface area contributed by atoms with Crippen molar-refractivity contribution in [2.24, 2.45) is 0 Å². The third kappa shape index (κ3) is 3.70. The quantitative estimate of drug-likeness (QED) is 0.294. The highest BCUT2D eigenvalue weighted by Gasteiger charge is 2.12. The van der Waals surface area contributed by atoms with Crippen LogP contribution in [-0.2, 0) is 6.54 Å². The average molecular weight is 434 g/mol. The topological polar surface area (TPSA) is 82.3 Å². The van der Waals surface area contributed by atoms with Gasteiger partial charge in [-0.1, -0.05) is 24.3 Å². The summed E-state index contributed by atoms with van der Waals surface area (Å²) in [6.07, 6.45) is 3.59. The molecule has 6 rings (SSSR count). The average Bonchev–Trinajstić information content (AvgIpc) is 3.49. The van der Waals surface area contributed by atoms with E-state index in [-0.39, 0.29) is 0 Å². The molecule has 0 spiro atoms. The molecule has 3 N–H and O–H groups in total. The normalized spacial score (nSPS) is 11.3. The Morgan fingerprint density at radius 2 is 1.82 bits per heavy atom. The van der Waals surface area contributed by atoms with E-state index in [1.807, 2.05) is 60.8 Å². The van der Waals surface area contributed by atoms with Gasteiger partial charge in [-0.05, 0) is 53.6 Å². The molecule has 160 valence electrons. The van der Waals surface area contributed by atoms with Crippen molar-refractivity contribution in [3.8, 4) is 22.4 Å². The van der Waals surface area contributed by atoms with Crippen molar-refractivity contribution in [2.45, 2.75) is 6.54 Å². The third-order valence-corrected chi connectivity index (χ3v) is 5.69. The lowest BCUT2D eigenvalue weighted by Gasteiger charge is -2.07. The molecule has 0 saturated heterocycles. The van der Waals surface area contributed by atoms with Crippen molar-refractivity contribution in [1.29, 1.82) is 0 Å². The Kier molecular flexibility index (Phi) is 4.58. The lowest BCUT2D eigenvalue weighted by atomic mass is 10.0. The molecule has 0 radical (unpaired) electrons. The zero-order valence-electron chi connectivity index (χ0n) is 17.5. The maximum Gasteiger partial charge on any atom is 0.213 e. The lowest BCUT2D eigenvalue weighted by Crippen LogP contribution is -2.03. The smallest absolute Gasteiger partial charge is 0.213 e. The SMILES string of the molecule is Fc1cc(-c2cc3c(-c4ccc5[nH]ncc5c4)ccnc3[nH]2)cc(CNc2ccccc2)n1. The molecule has 6 nitrogen and oxygen atoms in total. The number of aromatic nitrogens is 5. The van der Waals surface area contributed by atoms with Gasteiger partial charge < -0.3 is 10.3 Å². The van der Waals surface area contributed by atoms with Crippen molar-refractivity contribution < 1.29 is 4.39 Å². The van der Waals surface area contributed by atoms with Crippen LogP contribution in [0.1, 0.15) is 5.69 Å². The fraction of sp³-hybridized carbons (Fsp3) is 0.0385. The number of nitrogens with zero attached hydrogens (tertiary/aromatic N) is 3. The van der Waals surface area contributed by atoms with E-state index in [2.05, 4.69) is 42.6 Å². The number of fused-ring (bicyclic) bond motifs is 2. The maximum absolute atomic E-state index is 14.4. The summed E-state index contributed by atoms with van der Waals surface area (Å²) in [5.74, 6) is -0.519. The molecule has 4 aromatic heterocycles. The van der Waals surface area contributed by atoms with Crippen molar-refractivity contribution in [3.63, 3.8) is 0 Å². The molecule has 0 amide bonds. The molecular weight excluding hydrogens is 415 g/mol. The molecule has 33 heavy (non-hydrogen) atoms. The van der Waals surface area contributed by atoms with Gasteiger partial charge in [0, 0.05) is 40.0 Å². The molecule has 0 fully saturated rings. The monoisotopic (exact) mass is 434 g/mol. The van der Waals surface area contributed by atoms with Gasteiger partial charge in [0.15, 0.2) is 0 Å². The third-order valence-electron chi connectivity index (χ3n) is 5.69. The zero-order chi connectivity index (χ0) is 22.2. The molecule has 0 aliphatic rings. The number of para-hydroxylation sites is 1. The zero-order valence-corrected chi connectivity index (χ0v) is 17.5. The molecule has 0 unspecified atom stereocenters. The Morgan fingerprint density at radius 3 is 2.73 bits per heavy atom. The van der Waals surface area contributed by atoms with E-state index in [4.69, 9.17) is 0 Å². The highest BCUT2D eigenvalue weighted by Crippen LogP contribution is 2.32. The van der Waals surface area contributed by atoms with Crippen LogP contribution in [0.4, 0.5) is 10.1 Å². The second kappa shape index (κ2) is 7.87. The van der Waals surface area contributed by atoms with Gasteiger partial charge >= 0.3 is 0 Å². The Labute approximate surface area is 188 Å². The molecule has 0 bridgehead atoms. The highest BCUT2D eigenvalue weighted by atomic mass is 19.1. The number of anilines is 1.